The maximum absolute atomic E-state index is 12.2. The van der Waals surface area contributed by atoms with E-state index in [-0.39, 0.29) is 103 Å². The molecular formula is C30H20KN6NaO6S2. The van der Waals surface area contributed by atoms with Gasteiger partial charge in [-0.15, -0.1) is 10.2 Å². The van der Waals surface area contributed by atoms with Gasteiger partial charge in [-0.3, -0.25) is 0 Å². The third-order valence-corrected chi connectivity index (χ3v) is 8.34. The van der Waals surface area contributed by atoms with Gasteiger partial charge < -0.3 is 9.11 Å². The molecule has 0 aliphatic heterocycles. The molecular weight excluding hydrogens is 667 g/mol. The van der Waals surface area contributed by atoms with E-state index in [1.54, 1.807) is 0 Å². The zero-order chi connectivity index (χ0) is 30.9. The molecule has 0 fully saturated rings. The number of hydrogen-bond acceptors (Lipinski definition) is 10. The first-order valence-electron chi connectivity index (χ1n) is 12.9. The number of hydrogen-bond donors (Lipinski definition) is 0. The Labute approximate surface area is 329 Å². The average Bonchev–Trinajstić information content (AvgIpc) is 3.71. The molecule has 2 aromatic heterocycles. The Morgan fingerprint density at radius 1 is 0.565 bits per heavy atom. The van der Waals surface area contributed by atoms with Crippen LogP contribution in [0, 0.1) is 0 Å². The van der Waals surface area contributed by atoms with Crippen molar-refractivity contribution in [3.05, 3.63) is 121 Å². The topological polar surface area (TPSA) is 176 Å². The maximum atomic E-state index is 12.2. The molecule has 0 spiro atoms. The van der Waals surface area contributed by atoms with Crippen LogP contribution in [0.15, 0.2) is 119 Å². The van der Waals surface area contributed by atoms with E-state index < -0.39 is 30.0 Å². The van der Waals surface area contributed by atoms with Crippen LogP contribution in [-0.4, -0.2) is 55.9 Å². The van der Waals surface area contributed by atoms with Gasteiger partial charge in [-0.2, -0.15) is 19.8 Å². The minimum absolute atomic E-state index is 0. The molecule has 0 saturated carbocycles. The van der Waals surface area contributed by atoms with Crippen LogP contribution in [0.4, 0.5) is 0 Å². The van der Waals surface area contributed by atoms with Crippen molar-refractivity contribution in [2.24, 2.45) is 0 Å². The number of nitrogens with zero attached hydrogens (tertiary/aromatic N) is 6. The molecule has 0 aliphatic rings. The molecule has 0 saturated heterocycles. The molecule has 0 radical (unpaired) electrons. The van der Waals surface area contributed by atoms with Crippen LogP contribution in [0.1, 0.15) is 11.1 Å². The maximum Gasteiger partial charge on any atom is 1.00 e. The Bertz CT molecular complexity index is 2080. The smallest absolute Gasteiger partial charge is 0.744 e. The number of benzene rings is 4. The normalized spacial score (nSPS) is 11.6. The standard InChI is InChI=1S/C30H22N6O6S2.K.Na/c37-43(38,39)29-17-25(35-31-19-27(33-35)21-7-3-1-4-8-21)15-13-23(29)11-12-24-14-16-26(18-30(24)44(40,41)42)36-32-20-28(34-36)22-9-5-2-6-10-22;;/h1-20H,(H,37,38,39)(H,40,41,42);;/q;2*+1/p-2/b12-11+;;. The van der Waals surface area contributed by atoms with Gasteiger partial charge in [-0.1, -0.05) is 84.9 Å². The minimum Gasteiger partial charge on any atom is -0.744 e. The number of rotatable bonds is 8. The van der Waals surface area contributed by atoms with Gasteiger partial charge in [0.05, 0.1) is 33.6 Å². The Morgan fingerprint density at radius 2 is 0.935 bits per heavy atom. The quantitative estimate of drug-likeness (QED) is 0.101. The van der Waals surface area contributed by atoms with Crippen molar-refractivity contribution in [3.8, 4) is 33.9 Å². The second-order valence-corrected chi connectivity index (χ2v) is 12.2. The third-order valence-electron chi connectivity index (χ3n) is 6.56. The van der Waals surface area contributed by atoms with Crippen molar-refractivity contribution in [1.29, 1.82) is 0 Å². The fourth-order valence-electron chi connectivity index (χ4n) is 4.44. The Hall–Kier alpha value is -2.64. The molecule has 46 heavy (non-hydrogen) atoms. The van der Waals surface area contributed by atoms with Crippen LogP contribution in [0.25, 0.3) is 46.0 Å². The molecule has 6 aromatic rings. The van der Waals surface area contributed by atoms with Gasteiger partial charge in [0.15, 0.2) is 0 Å². The van der Waals surface area contributed by atoms with Crippen molar-refractivity contribution in [3.63, 3.8) is 0 Å². The van der Waals surface area contributed by atoms with Crippen LogP contribution in [0.3, 0.4) is 0 Å². The van der Waals surface area contributed by atoms with Crippen LogP contribution in [0.5, 0.6) is 0 Å². The van der Waals surface area contributed by atoms with Crippen molar-refractivity contribution in [2.45, 2.75) is 9.79 Å². The van der Waals surface area contributed by atoms with Crippen molar-refractivity contribution >= 4 is 32.4 Å². The van der Waals surface area contributed by atoms with Gasteiger partial charge in [0.25, 0.3) is 0 Å². The zero-order valence-corrected chi connectivity index (χ0v) is 31.3. The Balaban J connectivity index is 0.00000240. The summed E-state index contributed by atoms with van der Waals surface area (Å²) in [6.45, 7) is 0. The summed E-state index contributed by atoms with van der Waals surface area (Å²) in [5.41, 5.74) is 3.04. The first-order chi connectivity index (χ1) is 21.1. The SMILES string of the molecule is O=S(=O)([O-])c1cc(-n2ncc(-c3ccccc3)n2)ccc1/C=C/c1ccc(-n2ncc(-c3ccccc3)n2)cc1S(=O)(=O)[O-].[K+].[Na+]. The Kier molecular flexibility index (Phi) is 11.9. The molecule has 12 nitrogen and oxygen atoms in total. The Morgan fingerprint density at radius 3 is 1.28 bits per heavy atom. The predicted molar refractivity (Wildman–Crippen MR) is 158 cm³/mol. The summed E-state index contributed by atoms with van der Waals surface area (Å²) < 4.78 is 73.2. The molecule has 0 bridgehead atoms. The summed E-state index contributed by atoms with van der Waals surface area (Å²) in [6, 6.07) is 26.4. The second-order valence-electron chi connectivity index (χ2n) is 9.46. The van der Waals surface area contributed by atoms with Crippen LogP contribution in [-0.2, 0) is 20.2 Å². The van der Waals surface area contributed by atoms with Gasteiger partial charge in [-0.25, -0.2) is 16.8 Å². The van der Waals surface area contributed by atoms with E-state index in [4.69, 9.17) is 0 Å². The third kappa shape index (κ3) is 8.25. The van der Waals surface area contributed by atoms with Crippen LogP contribution >= 0.6 is 0 Å². The molecule has 6 rings (SSSR count). The second kappa shape index (κ2) is 15.1. The molecule has 2 heterocycles. The fourth-order valence-corrected chi connectivity index (χ4v) is 5.82. The van der Waals surface area contributed by atoms with E-state index in [1.807, 2.05) is 60.7 Å². The van der Waals surface area contributed by atoms with E-state index in [9.17, 15) is 25.9 Å². The van der Waals surface area contributed by atoms with Gasteiger partial charge in [-0.05, 0) is 35.4 Å². The van der Waals surface area contributed by atoms with Gasteiger partial charge >= 0.3 is 80.9 Å². The van der Waals surface area contributed by atoms with Crippen molar-refractivity contribution in [2.75, 3.05) is 0 Å². The summed E-state index contributed by atoms with van der Waals surface area (Å²) in [7, 11) is -9.97. The fraction of sp³-hybridized carbons (Fsp3) is 0. The van der Waals surface area contributed by atoms with Crippen LogP contribution in [0.2, 0.25) is 0 Å². The summed E-state index contributed by atoms with van der Waals surface area (Å²) in [4.78, 5) is 1.22. The largest absolute Gasteiger partial charge is 1.00 e. The molecule has 0 amide bonds. The zero-order valence-electron chi connectivity index (χ0n) is 24.5. The van der Waals surface area contributed by atoms with E-state index in [2.05, 4.69) is 20.4 Å². The summed E-state index contributed by atoms with van der Waals surface area (Å²) >= 11 is 0. The molecule has 4 aromatic carbocycles. The average molecular weight is 687 g/mol. The monoisotopic (exact) mass is 686 g/mol. The van der Waals surface area contributed by atoms with Gasteiger partial charge in [0.1, 0.15) is 31.6 Å². The first kappa shape index (κ1) is 36.2. The molecule has 0 N–H and O–H groups in total. The first-order valence-corrected chi connectivity index (χ1v) is 15.7. The summed E-state index contributed by atoms with van der Waals surface area (Å²) in [6.07, 6.45) is 5.49. The predicted octanol–water partition coefficient (Wildman–Crippen LogP) is -1.83. The van der Waals surface area contributed by atoms with E-state index in [0.29, 0.717) is 11.4 Å². The van der Waals surface area contributed by atoms with Crippen molar-refractivity contribution in [1.82, 2.24) is 30.0 Å². The van der Waals surface area contributed by atoms with Crippen molar-refractivity contribution < 1.29 is 107 Å². The van der Waals surface area contributed by atoms with Crippen LogP contribution < -0.4 is 80.9 Å². The van der Waals surface area contributed by atoms with Gasteiger partial charge in [0.2, 0.25) is 0 Å². The molecule has 16 heteroatoms. The minimum atomic E-state index is -4.99. The van der Waals surface area contributed by atoms with E-state index >= 15 is 0 Å². The summed E-state index contributed by atoms with van der Waals surface area (Å²) in [5.74, 6) is 0. The van der Waals surface area contributed by atoms with E-state index in [0.717, 1.165) is 23.3 Å². The molecule has 0 unspecified atom stereocenters. The molecule has 0 aliphatic carbocycles. The summed E-state index contributed by atoms with van der Waals surface area (Å²) in [5, 5.41) is 17.1. The number of aromatic nitrogens is 6. The van der Waals surface area contributed by atoms with E-state index in [1.165, 1.54) is 58.4 Å². The molecule has 220 valence electrons. The molecule has 0 atom stereocenters. The van der Waals surface area contributed by atoms with Gasteiger partial charge in [0, 0.05) is 11.1 Å².